The van der Waals surface area contributed by atoms with Gasteiger partial charge >= 0.3 is 0 Å². The number of benzene rings is 2. The first-order chi connectivity index (χ1) is 14.0. The number of aromatic nitrogens is 2. The van der Waals surface area contributed by atoms with Crippen LogP contribution in [-0.2, 0) is 11.2 Å². The van der Waals surface area contributed by atoms with E-state index >= 15 is 0 Å². The first-order valence-electron chi connectivity index (χ1n) is 9.31. The number of carbonyl (C=O) groups is 1. The molecule has 1 aliphatic rings. The van der Waals surface area contributed by atoms with Crippen molar-refractivity contribution in [3.05, 3.63) is 70.6 Å². The molecule has 3 aromatic rings. The zero-order valence-electron chi connectivity index (χ0n) is 15.4. The Morgan fingerprint density at radius 3 is 2.86 bits per heavy atom. The summed E-state index contributed by atoms with van der Waals surface area (Å²) in [5, 5.41) is 4.18. The van der Waals surface area contributed by atoms with Crippen molar-refractivity contribution >= 4 is 17.5 Å². The van der Waals surface area contributed by atoms with Crippen molar-refractivity contribution < 1.29 is 18.1 Å². The van der Waals surface area contributed by atoms with Crippen molar-refractivity contribution in [3.8, 4) is 11.4 Å². The fourth-order valence-corrected chi connectivity index (χ4v) is 3.75. The van der Waals surface area contributed by atoms with Crippen LogP contribution in [0.25, 0.3) is 11.4 Å². The Labute approximate surface area is 171 Å². The van der Waals surface area contributed by atoms with Gasteiger partial charge < -0.3 is 9.42 Å². The highest BCUT2D eigenvalue weighted by Crippen LogP contribution is 2.29. The van der Waals surface area contributed by atoms with Crippen molar-refractivity contribution in [2.75, 3.05) is 13.1 Å². The number of piperidine rings is 1. The molecule has 0 radical (unpaired) electrons. The van der Waals surface area contributed by atoms with Crippen LogP contribution in [0.1, 0.15) is 30.2 Å². The lowest BCUT2D eigenvalue weighted by molar-refractivity contribution is -0.131. The van der Waals surface area contributed by atoms with E-state index < -0.39 is 5.82 Å². The quantitative estimate of drug-likeness (QED) is 0.621. The highest BCUT2D eigenvalue weighted by atomic mass is 35.5. The Morgan fingerprint density at radius 1 is 1.24 bits per heavy atom. The van der Waals surface area contributed by atoms with E-state index in [1.165, 1.54) is 24.3 Å². The third-order valence-corrected chi connectivity index (χ3v) is 5.39. The molecule has 0 bridgehead atoms. The first kappa shape index (κ1) is 19.5. The summed E-state index contributed by atoms with van der Waals surface area (Å²) in [4.78, 5) is 18.8. The van der Waals surface area contributed by atoms with Crippen LogP contribution in [0.2, 0.25) is 5.02 Å². The molecule has 1 aromatic heterocycles. The zero-order valence-corrected chi connectivity index (χ0v) is 16.2. The van der Waals surface area contributed by atoms with Crippen LogP contribution in [0.3, 0.4) is 0 Å². The topological polar surface area (TPSA) is 59.2 Å². The third kappa shape index (κ3) is 4.29. The van der Waals surface area contributed by atoms with Crippen LogP contribution >= 0.6 is 11.6 Å². The lowest BCUT2D eigenvalue weighted by Crippen LogP contribution is -2.40. The first-order valence-corrected chi connectivity index (χ1v) is 9.69. The van der Waals surface area contributed by atoms with Gasteiger partial charge in [0.05, 0.1) is 12.3 Å². The summed E-state index contributed by atoms with van der Waals surface area (Å²) in [5.41, 5.74) is 0.727. The summed E-state index contributed by atoms with van der Waals surface area (Å²) in [5.74, 6) is -0.483. The predicted molar refractivity (Wildman–Crippen MR) is 103 cm³/mol. The molecule has 1 amide bonds. The van der Waals surface area contributed by atoms with Crippen LogP contribution in [0.5, 0.6) is 0 Å². The minimum absolute atomic E-state index is 0.101. The molecule has 1 unspecified atom stereocenters. The molecule has 4 rings (SSSR count). The van der Waals surface area contributed by atoms with Crippen molar-refractivity contribution in [2.45, 2.75) is 25.2 Å². The second kappa shape index (κ2) is 8.29. The maximum absolute atomic E-state index is 14.0. The summed E-state index contributed by atoms with van der Waals surface area (Å²) in [6.45, 7) is 0.974. The Kier molecular flexibility index (Phi) is 5.58. The van der Waals surface area contributed by atoms with Gasteiger partial charge in [-0.15, -0.1) is 0 Å². The smallest absolute Gasteiger partial charge is 0.231 e. The number of carbonyl (C=O) groups excluding carboxylic acids is 1. The molecule has 8 heteroatoms. The molecular weight excluding hydrogens is 400 g/mol. The van der Waals surface area contributed by atoms with E-state index in [-0.39, 0.29) is 34.6 Å². The van der Waals surface area contributed by atoms with E-state index in [1.807, 2.05) is 0 Å². The number of hydrogen-bond acceptors (Lipinski definition) is 4. The number of halogens is 3. The van der Waals surface area contributed by atoms with Crippen molar-refractivity contribution in [3.63, 3.8) is 0 Å². The Morgan fingerprint density at radius 2 is 2.07 bits per heavy atom. The van der Waals surface area contributed by atoms with Gasteiger partial charge in [0, 0.05) is 29.2 Å². The Hall–Kier alpha value is -2.80. The number of likely N-dealkylation sites (tertiary alicyclic amines) is 1. The van der Waals surface area contributed by atoms with Crippen molar-refractivity contribution in [1.29, 1.82) is 0 Å². The molecule has 29 heavy (non-hydrogen) atoms. The van der Waals surface area contributed by atoms with Crippen LogP contribution < -0.4 is 0 Å². The molecule has 2 aromatic carbocycles. The second-order valence-corrected chi connectivity index (χ2v) is 7.43. The van der Waals surface area contributed by atoms with Gasteiger partial charge in [-0.1, -0.05) is 35.0 Å². The number of amides is 1. The van der Waals surface area contributed by atoms with Gasteiger partial charge in [-0.05, 0) is 37.1 Å². The molecule has 2 heterocycles. The normalized spacial score (nSPS) is 16.8. The van der Waals surface area contributed by atoms with Crippen LogP contribution in [0.15, 0.2) is 47.0 Å². The van der Waals surface area contributed by atoms with Crippen molar-refractivity contribution in [1.82, 2.24) is 15.0 Å². The Bertz CT molecular complexity index is 1020. The monoisotopic (exact) mass is 417 g/mol. The summed E-state index contributed by atoms with van der Waals surface area (Å²) in [7, 11) is 0. The van der Waals surface area contributed by atoms with E-state index in [4.69, 9.17) is 16.1 Å². The molecule has 5 nitrogen and oxygen atoms in total. The maximum atomic E-state index is 14.0. The maximum Gasteiger partial charge on any atom is 0.231 e. The van der Waals surface area contributed by atoms with Crippen LogP contribution in [0.4, 0.5) is 8.78 Å². The van der Waals surface area contributed by atoms with E-state index in [9.17, 15) is 13.6 Å². The molecule has 1 saturated heterocycles. The highest BCUT2D eigenvalue weighted by molar-refractivity contribution is 6.31. The summed E-state index contributed by atoms with van der Waals surface area (Å²) in [6.07, 6.45) is 1.45. The van der Waals surface area contributed by atoms with Crippen molar-refractivity contribution in [2.24, 2.45) is 0 Å². The fourth-order valence-electron chi connectivity index (χ4n) is 3.52. The van der Waals surface area contributed by atoms with Gasteiger partial charge in [-0.2, -0.15) is 4.98 Å². The highest BCUT2D eigenvalue weighted by Gasteiger charge is 2.29. The zero-order chi connectivity index (χ0) is 20.4. The summed E-state index contributed by atoms with van der Waals surface area (Å²) >= 11 is 6.04. The molecule has 0 N–H and O–H groups in total. The van der Waals surface area contributed by atoms with E-state index in [1.54, 1.807) is 23.1 Å². The molecule has 1 atom stereocenters. The van der Waals surface area contributed by atoms with E-state index in [2.05, 4.69) is 10.1 Å². The van der Waals surface area contributed by atoms with Crippen LogP contribution in [-0.4, -0.2) is 34.0 Å². The molecule has 0 saturated carbocycles. The minimum atomic E-state index is -0.490. The SMILES string of the molecule is O=C(Cc1c(F)cccc1Cl)N1CCCC(c2nc(-c3cccc(F)c3)no2)C1. The average Bonchev–Trinajstić information content (AvgIpc) is 3.21. The molecule has 1 fully saturated rings. The van der Waals surface area contributed by atoms with Gasteiger partial charge in [0.15, 0.2) is 0 Å². The fraction of sp³-hybridized carbons (Fsp3) is 0.286. The number of rotatable bonds is 4. The predicted octanol–water partition coefficient (Wildman–Crippen LogP) is 4.62. The lowest BCUT2D eigenvalue weighted by atomic mass is 9.97. The second-order valence-electron chi connectivity index (χ2n) is 7.02. The van der Waals surface area contributed by atoms with Gasteiger partial charge in [-0.25, -0.2) is 8.78 Å². The van der Waals surface area contributed by atoms with E-state index in [0.717, 1.165) is 12.8 Å². The molecule has 150 valence electrons. The van der Waals surface area contributed by atoms with Gasteiger partial charge in [0.25, 0.3) is 0 Å². The molecule has 1 aliphatic heterocycles. The molecule has 0 aliphatic carbocycles. The Balaban J connectivity index is 1.47. The largest absolute Gasteiger partial charge is 0.342 e. The average molecular weight is 418 g/mol. The number of hydrogen-bond donors (Lipinski definition) is 0. The number of nitrogens with zero attached hydrogens (tertiary/aromatic N) is 3. The standard InChI is InChI=1S/C21H18ClF2N3O2/c22-17-7-2-8-18(24)16(17)11-19(28)27-9-3-5-14(12-27)21-25-20(26-29-21)13-4-1-6-15(23)10-13/h1-2,4,6-8,10,14H,3,5,9,11-12H2. The van der Waals surface area contributed by atoms with Gasteiger partial charge in [-0.3, -0.25) is 4.79 Å². The minimum Gasteiger partial charge on any atom is -0.342 e. The third-order valence-electron chi connectivity index (χ3n) is 5.04. The summed E-state index contributed by atoms with van der Waals surface area (Å²) in [6, 6.07) is 10.3. The lowest BCUT2D eigenvalue weighted by Gasteiger charge is -2.31. The van der Waals surface area contributed by atoms with Crippen LogP contribution in [0, 0.1) is 11.6 Å². The van der Waals surface area contributed by atoms with Gasteiger partial charge in [0.2, 0.25) is 17.6 Å². The molecule has 0 spiro atoms. The molecular formula is C21H18ClF2N3O2. The van der Waals surface area contributed by atoms with Gasteiger partial charge in [0.1, 0.15) is 11.6 Å². The summed E-state index contributed by atoms with van der Waals surface area (Å²) < 4.78 is 32.8. The van der Waals surface area contributed by atoms with E-state index in [0.29, 0.717) is 30.4 Å².